The first-order valence-electron chi connectivity index (χ1n) is 9.37. The molecule has 3 heterocycles. The van der Waals surface area contributed by atoms with Crippen LogP contribution in [0.4, 0.5) is 5.69 Å². The third kappa shape index (κ3) is 4.08. The van der Waals surface area contributed by atoms with E-state index in [1.165, 1.54) is 0 Å². The Morgan fingerprint density at radius 3 is 2.86 bits per heavy atom. The van der Waals surface area contributed by atoms with Gasteiger partial charge >= 0.3 is 0 Å². The first-order chi connectivity index (χ1) is 13.7. The Hall–Kier alpha value is -2.70. The van der Waals surface area contributed by atoms with E-state index in [-0.39, 0.29) is 5.91 Å². The number of ether oxygens (including phenoxy) is 1. The Labute approximate surface area is 169 Å². The van der Waals surface area contributed by atoms with Gasteiger partial charge in [-0.05, 0) is 53.8 Å². The minimum Gasteiger partial charge on any atom is -0.380 e. The summed E-state index contributed by atoms with van der Waals surface area (Å²) in [5, 5.41) is 7.11. The predicted molar refractivity (Wildman–Crippen MR) is 113 cm³/mol. The van der Waals surface area contributed by atoms with E-state index in [9.17, 15) is 4.79 Å². The molecular formula is C22H23N3O2S. The number of pyridine rings is 1. The van der Waals surface area contributed by atoms with Crippen LogP contribution < -0.4 is 10.2 Å². The lowest BCUT2D eigenvalue weighted by Crippen LogP contribution is -2.24. The minimum absolute atomic E-state index is 0.0807. The standard InChI is InChI=1S/C22H23N3O2S/c1-27-20-8-11-25(14-20)19-6-4-16(5-7-19)22(26)24-13-17-3-2-10-23-21(17)18-9-12-28-15-18/h2-7,9-10,12,15,20H,8,11,13-14H2,1H3,(H,24,26). The van der Waals surface area contributed by atoms with Gasteiger partial charge in [-0.2, -0.15) is 11.3 Å². The van der Waals surface area contributed by atoms with Gasteiger partial charge < -0.3 is 15.0 Å². The van der Waals surface area contributed by atoms with Crippen LogP contribution >= 0.6 is 11.3 Å². The van der Waals surface area contributed by atoms with E-state index in [1.54, 1.807) is 24.6 Å². The van der Waals surface area contributed by atoms with Crippen molar-refractivity contribution in [1.82, 2.24) is 10.3 Å². The largest absolute Gasteiger partial charge is 0.380 e. The highest BCUT2D eigenvalue weighted by Crippen LogP contribution is 2.24. The van der Waals surface area contributed by atoms with Crippen molar-refractivity contribution < 1.29 is 9.53 Å². The van der Waals surface area contributed by atoms with Crippen LogP contribution in [0.1, 0.15) is 22.3 Å². The van der Waals surface area contributed by atoms with Crippen molar-refractivity contribution in [3.63, 3.8) is 0 Å². The third-order valence-electron chi connectivity index (χ3n) is 5.10. The number of hydrogen-bond donors (Lipinski definition) is 1. The molecule has 0 spiro atoms. The fourth-order valence-corrected chi connectivity index (χ4v) is 4.14. The van der Waals surface area contributed by atoms with E-state index < -0.39 is 0 Å². The van der Waals surface area contributed by atoms with E-state index in [0.29, 0.717) is 18.2 Å². The molecule has 6 heteroatoms. The van der Waals surface area contributed by atoms with E-state index in [1.807, 2.05) is 47.8 Å². The van der Waals surface area contributed by atoms with Crippen LogP contribution in [0, 0.1) is 0 Å². The lowest BCUT2D eigenvalue weighted by Gasteiger charge is -2.18. The smallest absolute Gasteiger partial charge is 0.251 e. The molecule has 28 heavy (non-hydrogen) atoms. The summed E-state index contributed by atoms with van der Waals surface area (Å²) >= 11 is 1.64. The van der Waals surface area contributed by atoms with Gasteiger partial charge in [0, 0.05) is 55.1 Å². The molecule has 1 unspecified atom stereocenters. The van der Waals surface area contributed by atoms with Crippen molar-refractivity contribution in [3.05, 3.63) is 70.5 Å². The molecule has 0 aliphatic carbocycles. The third-order valence-corrected chi connectivity index (χ3v) is 5.78. The minimum atomic E-state index is -0.0807. The lowest BCUT2D eigenvalue weighted by molar-refractivity contribution is 0.0951. The maximum atomic E-state index is 12.6. The highest BCUT2D eigenvalue weighted by atomic mass is 32.1. The van der Waals surface area contributed by atoms with Crippen molar-refractivity contribution in [1.29, 1.82) is 0 Å². The average molecular weight is 394 g/mol. The Morgan fingerprint density at radius 2 is 2.14 bits per heavy atom. The zero-order valence-corrected chi connectivity index (χ0v) is 16.6. The number of carbonyl (C=O) groups excluding carboxylic acids is 1. The van der Waals surface area contributed by atoms with E-state index in [2.05, 4.69) is 20.6 Å². The van der Waals surface area contributed by atoms with Gasteiger partial charge in [0.25, 0.3) is 5.91 Å². The molecule has 0 bridgehead atoms. The summed E-state index contributed by atoms with van der Waals surface area (Å²) in [4.78, 5) is 19.4. The zero-order valence-electron chi connectivity index (χ0n) is 15.8. The number of carbonyl (C=O) groups is 1. The molecule has 1 saturated heterocycles. The van der Waals surface area contributed by atoms with E-state index in [0.717, 1.165) is 42.0 Å². The molecular weight excluding hydrogens is 370 g/mol. The molecule has 144 valence electrons. The van der Waals surface area contributed by atoms with Crippen molar-refractivity contribution in [2.24, 2.45) is 0 Å². The molecule has 1 aliphatic heterocycles. The van der Waals surface area contributed by atoms with Crippen molar-refractivity contribution >= 4 is 22.9 Å². The van der Waals surface area contributed by atoms with Crippen LogP contribution in [0.15, 0.2) is 59.4 Å². The summed E-state index contributed by atoms with van der Waals surface area (Å²) in [6.45, 7) is 2.33. The number of nitrogens with one attached hydrogen (secondary N) is 1. The van der Waals surface area contributed by atoms with Gasteiger partial charge in [-0.1, -0.05) is 6.07 Å². The molecule has 5 nitrogen and oxygen atoms in total. The normalized spacial score (nSPS) is 16.3. The second-order valence-electron chi connectivity index (χ2n) is 6.85. The summed E-state index contributed by atoms with van der Waals surface area (Å²) in [6.07, 6.45) is 3.11. The van der Waals surface area contributed by atoms with Crippen LogP contribution in [-0.2, 0) is 11.3 Å². The molecule has 0 radical (unpaired) electrons. The molecule has 1 aromatic carbocycles. The molecule has 4 rings (SSSR count). The first-order valence-corrected chi connectivity index (χ1v) is 10.3. The van der Waals surface area contributed by atoms with Crippen molar-refractivity contribution in [3.8, 4) is 11.3 Å². The number of amides is 1. The Balaban J connectivity index is 1.40. The van der Waals surface area contributed by atoms with Crippen molar-refractivity contribution in [2.75, 3.05) is 25.1 Å². The summed E-state index contributed by atoms with van der Waals surface area (Å²) in [5.41, 5.74) is 4.80. The summed E-state index contributed by atoms with van der Waals surface area (Å²) < 4.78 is 5.42. The number of nitrogens with zero attached hydrogens (tertiary/aromatic N) is 2. The number of rotatable bonds is 6. The molecule has 1 atom stereocenters. The fraction of sp³-hybridized carbons (Fsp3) is 0.273. The number of thiophene rings is 1. The number of hydrogen-bond acceptors (Lipinski definition) is 5. The van der Waals surface area contributed by atoms with Gasteiger partial charge in [0.15, 0.2) is 0 Å². The maximum absolute atomic E-state index is 12.6. The van der Waals surface area contributed by atoms with Crippen LogP contribution in [0.25, 0.3) is 11.3 Å². The fourth-order valence-electron chi connectivity index (χ4n) is 3.50. The highest BCUT2D eigenvalue weighted by Gasteiger charge is 2.22. The quantitative estimate of drug-likeness (QED) is 0.689. The Kier molecular flexibility index (Phi) is 5.69. The zero-order chi connectivity index (χ0) is 19.3. The predicted octanol–water partition coefficient (Wildman–Crippen LogP) is 3.97. The molecule has 1 amide bonds. The number of methoxy groups -OCH3 is 1. The molecule has 1 fully saturated rings. The molecule has 0 saturated carbocycles. The Bertz CT molecular complexity index is 925. The second-order valence-corrected chi connectivity index (χ2v) is 7.63. The van der Waals surface area contributed by atoms with Crippen LogP contribution in [0.5, 0.6) is 0 Å². The van der Waals surface area contributed by atoms with Gasteiger partial charge in [-0.25, -0.2) is 0 Å². The summed E-state index contributed by atoms with van der Waals surface area (Å²) in [6, 6.07) is 13.7. The number of benzene rings is 1. The molecule has 1 N–H and O–H groups in total. The van der Waals surface area contributed by atoms with Gasteiger partial charge in [-0.15, -0.1) is 0 Å². The summed E-state index contributed by atoms with van der Waals surface area (Å²) in [7, 11) is 1.76. The van der Waals surface area contributed by atoms with Gasteiger partial charge in [0.2, 0.25) is 0 Å². The highest BCUT2D eigenvalue weighted by molar-refractivity contribution is 7.08. The van der Waals surface area contributed by atoms with E-state index in [4.69, 9.17) is 4.74 Å². The van der Waals surface area contributed by atoms with Crippen molar-refractivity contribution in [2.45, 2.75) is 19.1 Å². The van der Waals surface area contributed by atoms with Gasteiger partial charge in [0.1, 0.15) is 0 Å². The van der Waals surface area contributed by atoms with Crippen LogP contribution in [0.3, 0.4) is 0 Å². The molecule has 1 aliphatic rings. The topological polar surface area (TPSA) is 54.5 Å². The second kappa shape index (κ2) is 8.54. The first kappa shape index (κ1) is 18.7. The van der Waals surface area contributed by atoms with Crippen LogP contribution in [0.2, 0.25) is 0 Å². The number of aromatic nitrogens is 1. The Morgan fingerprint density at radius 1 is 1.29 bits per heavy atom. The maximum Gasteiger partial charge on any atom is 0.251 e. The molecule has 2 aromatic heterocycles. The lowest BCUT2D eigenvalue weighted by atomic mass is 10.1. The summed E-state index contributed by atoms with van der Waals surface area (Å²) in [5.74, 6) is -0.0807. The number of anilines is 1. The van der Waals surface area contributed by atoms with Crippen LogP contribution in [-0.4, -0.2) is 37.2 Å². The monoisotopic (exact) mass is 393 g/mol. The van der Waals surface area contributed by atoms with Gasteiger partial charge in [0.05, 0.1) is 11.8 Å². The average Bonchev–Trinajstić information content (AvgIpc) is 3.44. The van der Waals surface area contributed by atoms with Gasteiger partial charge in [-0.3, -0.25) is 9.78 Å². The molecule has 3 aromatic rings. The van der Waals surface area contributed by atoms with E-state index >= 15 is 0 Å². The SMILES string of the molecule is COC1CCN(c2ccc(C(=O)NCc3cccnc3-c3ccsc3)cc2)C1.